The van der Waals surface area contributed by atoms with Crippen LogP contribution in [0.25, 0.3) is 0 Å². The second-order valence-electron chi connectivity index (χ2n) is 7.81. The van der Waals surface area contributed by atoms with Crippen LogP contribution >= 0.6 is 8.45 Å². The molecule has 0 aromatic heterocycles. The standard InChI is InChI=1S/C22H23F6N2O3P/c1-13(20(31)32-4)33-34-29(2)18(14-7-5-9-16(11-14)21(23,24)25)19(30(34)3)15-8-6-10-17(12-15)22(26,27)28/h5-13,18-19H,1-4H3/t13-,18+,19+/m1/s1. The molecule has 0 amide bonds. The van der Waals surface area contributed by atoms with Gasteiger partial charge in [0, 0.05) is 0 Å². The van der Waals surface area contributed by atoms with Crippen molar-refractivity contribution >= 4 is 14.4 Å². The summed E-state index contributed by atoms with van der Waals surface area (Å²) in [5, 5.41) is 0. The molecule has 1 aliphatic rings. The Bertz CT molecular complexity index is 963. The van der Waals surface area contributed by atoms with E-state index in [-0.39, 0.29) is 11.1 Å². The van der Waals surface area contributed by atoms with Gasteiger partial charge in [-0.1, -0.05) is 24.3 Å². The Morgan fingerprint density at radius 2 is 1.29 bits per heavy atom. The number of alkyl halides is 6. The number of carbonyl (C=O) groups excluding carboxylic acids is 1. The highest BCUT2D eigenvalue weighted by Crippen LogP contribution is 2.63. The van der Waals surface area contributed by atoms with Crippen molar-refractivity contribution in [2.45, 2.75) is 37.5 Å². The largest absolute Gasteiger partial charge is 0.467 e. The first-order valence-corrected chi connectivity index (χ1v) is 11.3. The quantitative estimate of drug-likeness (QED) is 0.274. The maximum Gasteiger partial charge on any atom is 0.416 e. The molecule has 3 atom stereocenters. The molecule has 0 saturated carbocycles. The number of hydrogen-bond acceptors (Lipinski definition) is 5. The van der Waals surface area contributed by atoms with Crippen molar-refractivity contribution in [2.24, 2.45) is 0 Å². The molecule has 3 rings (SSSR count). The van der Waals surface area contributed by atoms with Gasteiger partial charge in [0.2, 0.25) is 0 Å². The average molecular weight is 508 g/mol. The van der Waals surface area contributed by atoms with E-state index < -0.39 is 56.1 Å². The van der Waals surface area contributed by atoms with Crippen LogP contribution in [0.2, 0.25) is 0 Å². The number of benzene rings is 2. The highest BCUT2D eigenvalue weighted by atomic mass is 31.2. The van der Waals surface area contributed by atoms with Crippen LogP contribution in [-0.2, 0) is 26.4 Å². The van der Waals surface area contributed by atoms with Crippen molar-refractivity contribution in [1.29, 1.82) is 0 Å². The Kier molecular flexibility index (Phi) is 7.62. The van der Waals surface area contributed by atoms with Gasteiger partial charge in [0.05, 0.1) is 30.3 Å². The van der Waals surface area contributed by atoms with Gasteiger partial charge < -0.3 is 9.26 Å². The fourth-order valence-electron chi connectivity index (χ4n) is 3.94. The summed E-state index contributed by atoms with van der Waals surface area (Å²) >= 11 is 0. The van der Waals surface area contributed by atoms with Crippen molar-refractivity contribution in [3.8, 4) is 0 Å². The van der Waals surface area contributed by atoms with Crippen LogP contribution < -0.4 is 0 Å². The lowest BCUT2D eigenvalue weighted by molar-refractivity contribution is -0.148. The number of nitrogens with zero attached hydrogens (tertiary/aromatic N) is 2. The minimum atomic E-state index is -4.59. The van der Waals surface area contributed by atoms with Crippen molar-refractivity contribution in [2.75, 3.05) is 21.2 Å². The first-order chi connectivity index (χ1) is 15.8. The molecule has 0 bridgehead atoms. The maximum absolute atomic E-state index is 13.4. The summed E-state index contributed by atoms with van der Waals surface area (Å²) in [7, 11) is 2.65. The smallest absolute Gasteiger partial charge is 0.416 e. The second kappa shape index (κ2) is 9.81. The molecule has 2 aromatic rings. The summed E-state index contributed by atoms with van der Waals surface area (Å²) < 4.78 is 94.2. The van der Waals surface area contributed by atoms with E-state index in [1.54, 1.807) is 23.4 Å². The van der Waals surface area contributed by atoms with Crippen LogP contribution in [0.1, 0.15) is 41.3 Å². The van der Waals surface area contributed by atoms with E-state index in [1.165, 1.54) is 38.3 Å². The summed E-state index contributed by atoms with van der Waals surface area (Å²) in [6.07, 6.45) is -10.2. The molecule has 0 unspecified atom stereocenters. The van der Waals surface area contributed by atoms with Gasteiger partial charge in [0.25, 0.3) is 0 Å². The number of methoxy groups -OCH3 is 1. The van der Waals surface area contributed by atoms with Crippen LogP contribution in [0.15, 0.2) is 48.5 Å². The number of carbonyl (C=O) groups is 1. The lowest BCUT2D eigenvalue weighted by atomic mass is 9.91. The molecule has 5 nitrogen and oxygen atoms in total. The van der Waals surface area contributed by atoms with E-state index in [1.807, 2.05) is 0 Å². The molecular formula is C22H23F6N2O3P. The van der Waals surface area contributed by atoms with E-state index in [4.69, 9.17) is 4.52 Å². The van der Waals surface area contributed by atoms with Gasteiger partial charge in [-0.15, -0.1) is 0 Å². The molecule has 2 aromatic carbocycles. The SMILES string of the molecule is COC(=O)[C@@H](C)OP1N(C)[C@@H](c2cccc(C(F)(F)F)c2)[C@H](c2cccc(C(F)(F)F)c2)N1C. The molecular weight excluding hydrogens is 485 g/mol. The predicted octanol–water partition coefficient (Wildman–Crippen LogP) is 6.19. The number of esters is 1. The zero-order valence-electron chi connectivity index (χ0n) is 18.7. The molecule has 1 aliphatic heterocycles. The Labute approximate surface area is 194 Å². The highest BCUT2D eigenvalue weighted by molar-refractivity contribution is 7.47. The van der Waals surface area contributed by atoms with E-state index in [0.29, 0.717) is 0 Å². The lowest BCUT2D eigenvalue weighted by Gasteiger charge is -2.27. The van der Waals surface area contributed by atoms with Gasteiger partial charge in [-0.05, 0) is 56.4 Å². The molecule has 12 heteroatoms. The minimum absolute atomic E-state index is 0.255. The lowest BCUT2D eigenvalue weighted by Crippen LogP contribution is -2.24. The molecule has 0 radical (unpaired) electrons. The number of hydrogen-bond donors (Lipinski definition) is 0. The molecule has 1 fully saturated rings. The van der Waals surface area contributed by atoms with Crippen molar-refractivity contribution < 1.29 is 40.4 Å². The second-order valence-corrected chi connectivity index (χ2v) is 9.79. The summed E-state index contributed by atoms with van der Waals surface area (Å²) in [5.74, 6) is -0.651. The number of likely N-dealkylation sites (N-methyl/N-ethyl adjacent to an activating group) is 2. The van der Waals surface area contributed by atoms with E-state index in [2.05, 4.69) is 4.74 Å². The van der Waals surface area contributed by atoms with Gasteiger partial charge in [-0.25, -0.2) is 14.1 Å². The van der Waals surface area contributed by atoms with Crippen molar-refractivity contribution in [1.82, 2.24) is 9.34 Å². The molecule has 0 aliphatic carbocycles. The highest BCUT2D eigenvalue weighted by Gasteiger charge is 2.48. The molecule has 0 N–H and O–H groups in total. The molecule has 186 valence electrons. The number of halogens is 6. The van der Waals surface area contributed by atoms with E-state index in [9.17, 15) is 31.1 Å². The molecule has 1 saturated heterocycles. The Balaban J connectivity index is 2.11. The topological polar surface area (TPSA) is 42.0 Å². The normalized spacial score (nSPS) is 21.6. The van der Waals surface area contributed by atoms with Crippen LogP contribution in [0.4, 0.5) is 26.3 Å². The minimum Gasteiger partial charge on any atom is -0.467 e. The zero-order chi connectivity index (χ0) is 25.4. The third kappa shape index (κ3) is 5.38. The third-order valence-electron chi connectivity index (χ3n) is 5.54. The van der Waals surface area contributed by atoms with Gasteiger partial charge in [0.15, 0.2) is 14.6 Å². The third-order valence-corrected chi connectivity index (χ3v) is 7.62. The summed E-state index contributed by atoms with van der Waals surface area (Å²) in [4.78, 5) is 11.9. The van der Waals surface area contributed by atoms with E-state index >= 15 is 0 Å². The molecule has 1 heterocycles. The van der Waals surface area contributed by atoms with Gasteiger partial charge >= 0.3 is 18.3 Å². The summed E-state index contributed by atoms with van der Waals surface area (Å²) in [5.41, 5.74) is -1.23. The number of rotatable bonds is 5. The van der Waals surface area contributed by atoms with Gasteiger partial charge in [-0.3, -0.25) is 0 Å². The monoisotopic (exact) mass is 508 g/mol. The van der Waals surface area contributed by atoms with Crippen LogP contribution in [-0.4, -0.2) is 42.6 Å². The van der Waals surface area contributed by atoms with Gasteiger partial charge in [-0.2, -0.15) is 26.3 Å². The first-order valence-electron chi connectivity index (χ1n) is 10.1. The number of ether oxygens (including phenoxy) is 1. The van der Waals surface area contributed by atoms with Crippen LogP contribution in [0.3, 0.4) is 0 Å². The van der Waals surface area contributed by atoms with Gasteiger partial charge in [0.1, 0.15) is 0 Å². The Morgan fingerprint density at radius 1 is 0.882 bits per heavy atom. The Morgan fingerprint density at radius 3 is 1.65 bits per heavy atom. The first kappa shape index (κ1) is 26.4. The fourth-order valence-corrected chi connectivity index (χ4v) is 5.99. The summed E-state index contributed by atoms with van der Waals surface area (Å²) in [6.45, 7) is 1.47. The van der Waals surface area contributed by atoms with E-state index in [0.717, 1.165) is 24.3 Å². The predicted molar refractivity (Wildman–Crippen MR) is 113 cm³/mol. The summed E-state index contributed by atoms with van der Waals surface area (Å²) in [6, 6.07) is 7.76. The van der Waals surface area contributed by atoms with Crippen molar-refractivity contribution in [3.05, 3.63) is 70.8 Å². The zero-order valence-corrected chi connectivity index (χ0v) is 19.6. The molecule has 34 heavy (non-hydrogen) atoms. The average Bonchev–Trinajstić information content (AvgIpc) is 3.02. The van der Waals surface area contributed by atoms with Crippen LogP contribution in [0.5, 0.6) is 0 Å². The van der Waals surface area contributed by atoms with Crippen molar-refractivity contribution in [3.63, 3.8) is 0 Å². The Hall–Kier alpha value is -2.20. The maximum atomic E-state index is 13.4. The fraction of sp³-hybridized carbons (Fsp3) is 0.409. The molecule has 0 spiro atoms. The van der Waals surface area contributed by atoms with Crippen LogP contribution in [0, 0.1) is 0 Å².